The quantitative estimate of drug-likeness (QED) is 0.0837. The standard InChI is InChI=1S/C26H32N6O10S2/c1-26(2,3)23(36)42-13-41-22(35)18-14(5-4-8-40-25(37)31-6-9-39-10-7-31)11-43-21-17(20(34)32(18)21)29-19(33)16(30-38)15-12-44-24(27)28-15/h4-5,12,17,21,38H,6-11,13H2,1-3H3,(H2,27,28)(H,29,33)/b5-4-,30-16-/t17-,21-/m1/s1. The monoisotopic (exact) mass is 652 g/mol. The van der Waals surface area contributed by atoms with E-state index in [1.807, 2.05) is 0 Å². The minimum atomic E-state index is -1.07. The van der Waals surface area contributed by atoms with Crippen LogP contribution in [0.4, 0.5) is 9.93 Å². The highest BCUT2D eigenvalue weighted by Crippen LogP contribution is 2.41. The number of ether oxygens (including phenoxy) is 4. The molecule has 2 atom stereocenters. The molecule has 3 aliphatic heterocycles. The number of nitrogens with zero attached hydrogens (tertiary/aromatic N) is 4. The van der Waals surface area contributed by atoms with Gasteiger partial charge in [-0.25, -0.2) is 14.6 Å². The SMILES string of the molecule is CC(C)(C)C(=O)OCOC(=O)C1=C(/C=C\COC(=O)N2CCOCC2)CS[C@@H]2[C@H](NC(=O)/C(=N\O)c3csc(N)n3)C(=O)N12. The van der Waals surface area contributed by atoms with Gasteiger partial charge >= 0.3 is 18.0 Å². The van der Waals surface area contributed by atoms with Gasteiger partial charge in [0, 0.05) is 24.2 Å². The highest BCUT2D eigenvalue weighted by atomic mass is 32.2. The molecule has 3 aliphatic rings. The number of amides is 3. The van der Waals surface area contributed by atoms with Crippen molar-refractivity contribution in [3.63, 3.8) is 0 Å². The molecular weight excluding hydrogens is 620 g/mol. The molecule has 4 heterocycles. The third-order valence-electron chi connectivity index (χ3n) is 6.44. The molecule has 3 amide bonds. The molecule has 2 fully saturated rings. The smallest absolute Gasteiger partial charge is 0.410 e. The summed E-state index contributed by atoms with van der Waals surface area (Å²) in [6, 6.07) is -1.07. The van der Waals surface area contributed by atoms with Crippen LogP contribution >= 0.6 is 23.1 Å². The number of morpholine rings is 1. The number of anilines is 1. The van der Waals surface area contributed by atoms with Gasteiger partial charge in [0.15, 0.2) is 10.8 Å². The van der Waals surface area contributed by atoms with E-state index in [1.165, 1.54) is 39.1 Å². The zero-order chi connectivity index (χ0) is 32.0. The number of hydrogen-bond donors (Lipinski definition) is 3. The van der Waals surface area contributed by atoms with Crippen LogP contribution in [0.15, 0.2) is 34.0 Å². The fourth-order valence-electron chi connectivity index (χ4n) is 4.15. The molecule has 0 aromatic carbocycles. The van der Waals surface area contributed by atoms with E-state index in [2.05, 4.69) is 15.5 Å². The fourth-order valence-corrected chi connectivity index (χ4v) is 6.01. The molecule has 2 saturated heterocycles. The van der Waals surface area contributed by atoms with Gasteiger partial charge in [-0.1, -0.05) is 11.2 Å². The van der Waals surface area contributed by atoms with Crippen LogP contribution in [-0.2, 0) is 38.1 Å². The number of allylic oxidation sites excluding steroid dienone is 1. The van der Waals surface area contributed by atoms with Crippen LogP contribution in [0.1, 0.15) is 26.5 Å². The van der Waals surface area contributed by atoms with Crippen LogP contribution in [0.2, 0.25) is 0 Å². The second-order valence-electron chi connectivity index (χ2n) is 10.6. The lowest BCUT2D eigenvalue weighted by Gasteiger charge is -2.49. The van der Waals surface area contributed by atoms with Gasteiger partial charge in [0.25, 0.3) is 11.8 Å². The Morgan fingerprint density at radius 1 is 1.23 bits per heavy atom. The third-order valence-corrected chi connectivity index (χ3v) is 8.42. The van der Waals surface area contributed by atoms with Crippen molar-refractivity contribution >= 4 is 63.8 Å². The van der Waals surface area contributed by atoms with Crippen molar-refractivity contribution < 1.29 is 48.1 Å². The van der Waals surface area contributed by atoms with Crippen molar-refractivity contribution in [1.82, 2.24) is 20.1 Å². The van der Waals surface area contributed by atoms with Crippen molar-refractivity contribution in [3.8, 4) is 0 Å². The Morgan fingerprint density at radius 2 is 1.95 bits per heavy atom. The molecule has 1 aromatic rings. The first-order valence-electron chi connectivity index (χ1n) is 13.3. The summed E-state index contributed by atoms with van der Waals surface area (Å²) in [5, 5.41) is 15.8. The average Bonchev–Trinajstić information content (AvgIpc) is 3.43. The van der Waals surface area contributed by atoms with Gasteiger partial charge in [0.2, 0.25) is 6.79 Å². The van der Waals surface area contributed by atoms with Crippen molar-refractivity contribution in [1.29, 1.82) is 0 Å². The Balaban J connectivity index is 1.47. The highest BCUT2D eigenvalue weighted by Gasteiger charge is 2.54. The van der Waals surface area contributed by atoms with E-state index >= 15 is 0 Å². The number of nitrogen functional groups attached to an aromatic ring is 1. The topological polar surface area (TPSA) is 212 Å². The first kappa shape index (κ1) is 32.7. The maximum absolute atomic E-state index is 13.3. The lowest BCUT2D eigenvalue weighted by atomic mass is 9.98. The number of esters is 2. The number of β-lactam (4-membered cyclic amide) rings is 1. The third kappa shape index (κ3) is 7.48. The van der Waals surface area contributed by atoms with E-state index in [0.717, 1.165) is 11.3 Å². The number of carbonyl (C=O) groups excluding carboxylic acids is 5. The number of hydrogen-bond acceptors (Lipinski definition) is 15. The molecule has 0 radical (unpaired) electrons. The normalized spacial score (nSPS) is 20.6. The number of rotatable bonds is 9. The number of thiazole rings is 1. The lowest BCUT2D eigenvalue weighted by Crippen LogP contribution is -2.71. The van der Waals surface area contributed by atoms with E-state index in [9.17, 15) is 29.2 Å². The zero-order valence-electron chi connectivity index (χ0n) is 24.1. The number of thioether (sulfide) groups is 1. The second kappa shape index (κ2) is 14.1. The van der Waals surface area contributed by atoms with Crippen LogP contribution in [0.25, 0.3) is 0 Å². The average molecular weight is 653 g/mol. The minimum Gasteiger partial charge on any atom is -0.445 e. The van der Waals surface area contributed by atoms with Crippen LogP contribution in [0.3, 0.4) is 0 Å². The Labute approximate surface area is 260 Å². The number of fused-ring (bicyclic) bond motifs is 1. The van der Waals surface area contributed by atoms with Gasteiger partial charge in [-0.05, 0) is 32.4 Å². The van der Waals surface area contributed by atoms with E-state index in [-0.39, 0.29) is 28.9 Å². The lowest BCUT2D eigenvalue weighted by molar-refractivity contribution is -0.173. The maximum Gasteiger partial charge on any atom is 0.410 e. The van der Waals surface area contributed by atoms with Gasteiger partial charge < -0.3 is 40.1 Å². The summed E-state index contributed by atoms with van der Waals surface area (Å²) in [5.74, 6) is -2.81. The number of nitrogens with one attached hydrogen (secondary N) is 1. The summed E-state index contributed by atoms with van der Waals surface area (Å²) < 4.78 is 20.7. The first-order valence-corrected chi connectivity index (χ1v) is 15.3. The van der Waals surface area contributed by atoms with Gasteiger partial charge in [0.05, 0.1) is 18.6 Å². The highest BCUT2D eigenvalue weighted by molar-refractivity contribution is 8.00. The molecule has 0 spiro atoms. The van der Waals surface area contributed by atoms with Crippen LogP contribution in [0, 0.1) is 5.41 Å². The van der Waals surface area contributed by atoms with E-state index in [0.29, 0.717) is 31.9 Å². The molecule has 44 heavy (non-hydrogen) atoms. The van der Waals surface area contributed by atoms with E-state index < -0.39 is 59.2 Å². The van der Waals surface area contributed by atoms with Crippen LogP contribution < -0.4 is 11.1 Å². The fraction of sp³-hybridized carbons (Fsp3) is 0.500. The maximum atomic E-state index is 13.3. The number of carbonyl (C=O) groups is 5. The predicted molar refractivity (Wildman–Crippen MR) is 156 cm³/mol. The minimum absolute atomic E-state index is 0.0307. The van der Waals surface area contributed by atoms with Crippen molar-refractivity contribution in [2.24, 2.45) is 10.6 Å². The summed E-state index contributed by atoms with van der Waals surface area (Å²) in [4.78, 5) is 70.3. The molecule has 4 rings (SSSR count). The summed E-state index contributed by atoms with van der Waals surface area (Å²) >= 11 is 2.29. The van der Waals surface area contributed by atoms with Crippen LogP contribution in [0.5, 0.6) is 0 Å². The molecule has 0 bridgehead atoms. The molecule has 1 aromatic heterocycles. The molecule has 18 heteroatoms. The molecule has 0 saturated carbocycles. The number of aromatic nitrogens is 1. The van der Waals surface area contributed by atoms with E-state index in [4.69, 9.17) is 24.7 Å². The number of oxime groups is 1. The molecule has 4 N–H and O–H groups in total. The molecule has 238 valence electrons. The van der Waals surface area contributed by atoms with Gasteiger partial charge in [0.1, 0.15) is 29.4 Å². The summed E-state index contributed by atoms with van der Waals surface area (Å²) in [6.07, 6.45) is 2.55. The van der Waals surface area contributed by atoms with Gasteiger partial charge in [-0.3, -0.25) is 19.3 Å². The predicted octanol–water partition coefficient (Wildman–Crippen LogP) is 0.673. The Bertz CT molecular complexity index is 1400. The van der Waals surface area contributed by atoms with Crippen molar-refractivity contribution in [3.05, 3.63) is 34.5 Å². The van der Waals surface area contributed by atoms with Crippen LogP contribution in [-0.4, -0.2) is 112 Å². The van der Waals surface area contributed by atoms with E-state index in [1.54, 1.807) is 20.8 Å². The van der Waals surface area contributed by atoms with Gasteiger partial charge in [-0.2, -0.15) is 0 Å². The summed E-state index contributed by atoms with van der Waals surface area (Å²) in [6.45, 7) is 5.82. The second-order valence-corrected chi connectivity index (χ2v) is 12.6. The first-order chi connectivity index (χ1) is 20.9. The Kier molecular flexibility index (Phi) is 10.5. The molecule has 0 aliphatic carbocycles. The molecular formula is C26H32N6O10S2. The largest absolute Gasteiger partial charge is 0.445 e. The Hall–Kier alpha value is -4.16. The molecule has 0 unspecified atom stereocenters. The summed E-state index contributed by atoms with van der Waals surface area (Å²) in [7, 11) is 0. The summed E-state index contributed by atoms with van der Waals surface area (Å²) in [5.41, 5.74) is 4.64. The Morgan fingerprint density at radius 3 is 2.59 bits per heavy atom. The number of nitrogens with two attached hydrogens (primary N) is 1. The van der Waals surface area contributed by atoms with Crippen molar-refractivity contribution in [2.75, 3.05) is 51.2 Å². The molecule has 16 nitrogen and oxygen atoms in total. The zero-order valence-corrected chi connectivity index (χ0v) is 25.8. The van der Waals surface area contributed by atoms with Crippen molar-refractivity contribution in [2.45, 2.75) is 32.2 Å². The van der Waals surface area contributed by atoms with Gasteiger partial charge in [-0.15, -0.1) is 23.1 Å².